The number of ketones is 1. The van der Waals surface area contributed by atoms with Crippen LogP contribution in [0.15, 0.2) is 35.8 Å². The lowest BCUT2D eigenvalue weighted by molar-refractivity contribution is -0.125. The van der Waals surface area contributed by atoms with E-state index in [0.29, 0.717) is 41.1 Å². The molecule has 4 heterocycles. The van der Waals surface area contributed by atoms with Crippen LogP contribution in [-0.2, 0) is 11.3 Å². The highest BCUT2D eigenvalue weighted by Crippen LogP contribution is 2.30. The molecule has 9 heteroatoms. The smallest absolute Gasteiger partial charge is 0.295 e. The lowest BCUT2D eigenvalue weighted by atomic mass is 10.0. The lowest BCUT2D eigenvalue weighted by Gasteiger charge is -2.44. The minimum absolute atomic E-state index is 0.00879. The summed E-state index contributed by atoms with van der Waals surface area (Å²) in [5.41, 5.74) is 1.27. The first kappa shape index (κ1) is 24.0. The van der Waals surface area contributed by atoms with Crippen molar-refractivity contribution >= 4 is 51.4 Å². The summed E-state index contributed by atoms with van der Waals surface area (Å²) in [6.45, 7) is 7.63. The highest BCUT2D eigenvalue weighted by molar-refractivity contribution is 7.09. The summed E-state index contributed by atoms with van der Waals surface area (Å²) in [6.07, 6.45) is 3.37. The molecule has 0 aliphatic carbocycles. The third-order valence-electron chi connectivity index (χ3n) is 7.15. The Bertz CT molecular complexity index is 1270. The van der Waals surface area contributed by atoms with Crippen LogP contribution < -0.4 is 0 Å². The number of carbonyl (C=O) groups excluding carboxylic acids is 3. The summed E-state index contributed by atoms with van der Waals surface area (Å²) in [7, 11) is 0. The molecule has 7 nitrogen and oxygen atoms in total. The maximum absolute atomic E-state index is 13.6. The van der Waals surface area contributed by atoms with E-state index in [1.807, 2.05) is 4.90 Å². The van der Waals surface area contributed by atoms with Gasteiger partial charge in [-0.05, 0) is 50.3 Å². The van der Waals surface area contributed by atoms with Gasteiger partial charge in [-0.1, -0.05) is 17.7 Å². The Hall–Kier alpha value is -2.68. The Morgan fingerprint density at radius 1 is 1.09 bits per heavy atom. The fraction of sp³-hybridized carbons (Fsp3) is 0.423. The molecule has 35 heavy (non-hydrogen) atoms. The van der Waals surface area contributed by atoms with Crippen molar-refractivity contribution in [2.45, 2.75) is 45.3 Å². The number of Topliss-reactive ketones (excluding diaryl/α,β-unsaturated/α-hetero) is 1. The minimum atomic E-state index is -0.553. The number of nitrogens with zero attached hydrogens (tertiary/aromatic N) is 3. The van der Waals surface area contributed by atoms with Crippen LogP contribution in [0.2, 0.25) is 5.02 Å². The fourth-order valence-electron chi connectivity index (χ4n) is 5.13. The predicted octanol–water partition coefficient (Wildman–Crippen LogP) is 4.42. The van der Waals surface area contributed by atoms with Crippen molar-refractivity contribution < 1.29 is 14.4 Å². The number of piperazine rings is 1. The van der Waals surface area contributed by atoms with Gasteiger partial charge >= 0.3 is 0 Å². The van der Waals surface area contributed by atoms with E-state index in [-0.39, 0.29) is 23.6 Å². The molecule has 5 rings (SSSR count). The van der Waals surface area contributed by atoms with E-state index >= 15 is 0 Å². The highest BCUT2D eigenvalue weighted by Gasteiger charge is 2.34. The molecule has 2 fully saturated rings. The van der Waals surface area contributed by atoms with Crippen molar-refractivity contribution in [3.05, 3.63) is 56.9 Å². The van der Waals surface area contributed by atoms with E-state index in [4.69, 9.17) is 11.6 Å². The summed E-state index contributed by atoms with van der Waals surface area (Å²) in [6, 6.07) is 7.74. The number of fused-ring (bicyclic) bond motifs is 1. The maximum Gasteiger partial charge on any atom is 0.295 e. The minimum Gasteiger partial charge on any atom is -0.360 e. The highest BCUT2D eigenvalue weighted by atomic mass is 35.5. The van der Waals surface area contributed by atoms with Gasteiger partial charge in [-0.2, -0.15) is 0 Å². The Labute approximate surface area is 213 Å². The number of amides is 2. The van der Waals surface area contributed by atoms with Crippen LogP contribution in [0.1, 0.15) is 52.3 Å². The van der Waals surface area contributed by atoms with Crippen molar-refractivity contribution in [3.8, 4) is 0 Å². The molecule has 2 aromatic heterocycles. The van der Waals surface area contributed by atoms with Crippen LogP contribution in [0.25, 0.3) is 10.9 Å². The van der Waals surface area contributed by atoms with Gasteiger partial charge in [0, 0.05) is 66.8 Å². The van der Waals surface area contributed by atoms with Crippen molar-refractivity contribution in [1.82, 2.24) is 19.7 Å². The molecule has 2 aliphatic heterocycles. The zero-order valence-corrected chi connectivity index (χ0v) is 21.5. The van der Waals surface area contributed by atoms with Crippen LogP contribution in [0.5, 0.6) is 0 Å². The van der Waals surface area contributed by atoms with E-state index in [9.17, 15) is 14.4 Å². The molecule has 3 aromatic rings. The van der Waals surface area contributed by atoms with E-state index in [0.717, 1.165) is 25.9 Å². The quantitative estimate of drug-likeness (QED) is 0.405. The van der Waals surface area contributed by atoms with Crippen molar-refractivity contribution in [2.24, 2.45) is 0 Å². The zero-order chi connectivity index (χ0) is 24.7. The normalized spacial score (nSPS) is 21.1. The van der Waals surface area contributed by atoms with Gasteiger partial charge in [-0.3, -0.25) is 19.3 Å². The van der Waals surface area contributed by atoms with Crippen LogP contribution in [0.4, 0.5) is 0 Å². The molecule has 0 spiro atoms. The van der Waals surface area contributed by atoms with Gasteiger partial charge in [0.05, 0.1) is 16.1 Å². The van der Waals surface area contributed by atoms with Crippen LogP contribution in [-0.4, -0.2) is 75.5 Å². The Balaban J connectivity index is 1.38. The Morgan fingerprint density at radius 3 is 2.57 bits per heavy atom. The van der Waals surface area contributed by atoms with Gasteiger partial charge in [0.25, 0.3) is 17.6 Å². The van der Waals surface area contributed by atoms with Crippen molar-refractivity contribution in [3.63, 3.8) is 0 Å². The maximum atomic E-state index is 13.6. The molecule has 2 saturated heterocycles. The van der Waals surface area contributed by atoms with Gasteiger partial charge < -0.3 is 14.8 Å². The Kier molecular flexibility index (Phi) is 6.70. The monoisotopic (exact) mass is 512 g/mol. The van der Waals surface area contributed by atoms with Crippen molar-refractivity contribution in [2.75, 3.05) is 26.2 Å². The second kappa shape index (κ2) is 9.76. The summed E-state index contributed by atoms with van der Waals surface area (Å²) in [4.78, 5) is 49.6. The molecule has 1 N–H and O–H groups in total. The number of hydrogen-bond donors (Lipinski definition) is 1. The molecule has 0 saturated carbocycles. The van der Waals surface area contributed by atoms with E-state index in [1.54, 1.807) is 34.6 Å². The van der Waals surface area contributed by atoms with Crippen LogP contribution >= 0.6 is 22.9 Å². The second-order valence-corrected chi connectivity index (χ2v) is 11.0. The first-order valence-electron chi connectivity index (χ1n) is 12.0. The molecule has 0 bridgehead atoms. The van der Waals surface area contributed by atoms with Gasteiger partial charge in [-0.25, -0.2) is 0 Å². The molecule has 1 unspecified atom stereocenters. The summed E-state index contributed by atoms with van der Waals surface area (Å²) in [5, 5.41) is 2.96. The number of nitrogens with one attached hydrogen (secondary N) is 1. The third-order valence-corrected chi connectivity index (χ3v) is 8.32. The van der Waals surface area contributed by atoms with Gasteiger partial charge in [0.1, 0.15) is 0 Å². The number of thiophene rings is 1. The van der Waals surface area contributed by atoms with E-state index < -0.39 is 11.7 Å². The number of halogens is 1. The average molecular weight is 513 g/mol. The SMILES string of the molecule is CC1CN(Cc2cccs2)[C@@H](C)CN1C(=O)c1cc2c(C(=O)C(=O)N3CCCC3)c[nH]c2cc1Cl. The zero-order valence-electron chi connectivity index (χ0n) is 19.9. The molecule has 1 aromatic carbocycles. The summed E-state index contributed by atoms with van der Waals surface area (Å²) in [5.74, 6) is -1.20. The number of benzene rings is 1. The summed E-state index contributed by atoms with van der Waals surface area (Å²) < 4.78 is 0. The van der Waals surface area contributed by atoms with Gasteiger partial charge in [0.2, 0.25) is 0 Å². The summed E-state index contributed by atoms with van der Waals surface area (Å²) >= 11 is 8.29. The molecule has 2 atom stereocenters. The predicted molar refractivity (Wildman–Crippen MR) is 138 cm³/mol. The molecular weight excluding hydrogens is 484 g/mol. The Morgan fingerprint density at radius 2 is 1.86 bits per heavy atom. The lowest BCUT2D eigenvalue weighted by Crippen LogP contribution is -2.57. The number of aromatic nitrogens is 1. The van der Waals surface area contributed by atoms with E-state index in [1.165, 1.54) is 4.88 Å². The molecule has 2 amide bonds. The van der Waals surface area contributed by atoms with Gasteiger partial charge in [0.15, 0.2) is 0 Å². The number of rotatable bonds is 5. The van der Waals surface area contributed by atoms with E-state index in [2.05, 4.69) is 41.2 Å². The second-order valence-electron chi connectivity index (χ2n) is 9.57. The van der Waals surface area contributed by atoms with Crippen LogP contribution in [0.3, 0.4) is 0 Å². The average Bonchev–Trinajstić information content (AvgIpc) is 3.61. The molecule has 184 valence electrons. The molecule has 0 radical (unpaired) electrons. The largest absolute Gasteiger partial charge is 0.360 e. The van der Waals surface area contributed by atoms with Crippen molar-refractivity contribution in [1.29, 1.82) is 0 Å². The first-order valence-corrected chi connectivity index (χ1v) is 13.3. The molecular formula is C26H29ClN4O3S. The standard InChI is InChI=1S/C26H29ClN4O3S/c1-16-14-31(17(2)13-30(16)15-18-6-5-9-35-18)25(33)20-10-19-21(12-28-23(19)11-22(20)27)24(32)26(34)29-7-3-4-8-29/h5-6,9-12,16-17,28H,3-4,7-8,13-15H2,1-2H3/t16-,17?/m0/s1. The first-order chi connectivity index (χ1) is 16.8. The number of H-pyrrole nitrogens is 1. The van der Waals surface area contributed by atoms with Gasteiger partial charge in [-0.15, -0.1) is 11.3 Å². The number of likely N-dealkylation sites (tertiary alicyclic amines) is 1. The fourth-order valence-corrected chi connectivity index (χ4v) is 6.11. The number of aromatic amines is 1. The topological polar surface area (TPSA) is 76.7 Å². The number of carbonyl (C=O) groups is 3. The molecule has 2 aliphatic rings. The third kappa shape index (κ3) is 4.62. The van der Waals surface area contributed by atoms with Crippen LogP contribution in [0, 0.1) is 0 Å². The number of hydrogen-bond acceptors (Lipinski definition) is 5.